The van der Waals surface area contributed by atoms with E-state index in [1.807, 2.05) is 6.07 Å². The van der Waals surface area contributed by atoms with E-state index in [4.69, 9.17) is 0 Å². The third kappa shape index (κ3) is 3.71. The van der Waals surface area contributed by atoms with E-state index in [0.29, 0.717) is 5.69 Å². The zero-order valence-electron chi connectivity index (χ0n) is 13.7. The fourth-order valence-electron chi connectivity index (χ4n) is 2.86. The Morgan fingerprint density at radius 3 is 2.48 bits per heavy atom. The highest BCUT2D eigenvalue weighted by molar-refractivity contribution is 7.90. The molecule has 0 radical (unpaired) electrons. The first-order valence-corrected chi connectivity index (χ1v) is 9.71. The van der Waals surface area contributed by atoms with E-state index in [1.54, 1.807) is 12.3 Å². The third-order valence-electron chi connectivity index (χ3n) is 4.04. The average molecular weight is 362 g/mol. The van der Waals surface area contributed by atoms with Gasteiger partial charge in [-0.3, -0.25) is 10.1 Å². The highest BCUT2D eigenvalue weighted by atomic mass is 32.2. The van der Waals surface area contributed by atoms with Crippen LogP contribution in [0.1, 0.15) is 12.8 Å². The van der Waals surface area contributed by atoms with E-state index in [9.17, 15) is 18.5 Å². The summed E-state index contributed by atoms with van der Waals surface area (Å²) in [7, 11) is -3.72. The molecule has 3 rings (SSSR count). The molecule has 1 aliphatic heterocycles. The van der Waals surface area contributed by atoms with Crippen LogP contribution in [0.3, 0.4) is 0 Å². The van der Waals surface area contributed by atoms with Gasteiger partial charge in [-0.25, -0.2) is 13.4 Å². The summed E-state index contributed by atoms with van der Waals surface area (Å²) >= 11 is 0. The Bertz CT molecular complexity index is 891. The second-order valence-corrected chi connectivity index (χ2v) is 7.89. The zero-order chi connectivity index (χ0) is 18.0. The molecule has 1 aliphatic rings. The molecule has 9 heteroatoms. The fraction of sp³-hybridized carbons (Fsp3) is 0.312. The summed E-state index contributed by atoms with van der Waals surface area (Å²) in [5, 5.41) is 14.3. The van der Waals surface area contributed by atoms with Gasteiger partial charge in [0.2, 0.25) is 0 Å². The van der Waals surface area contributed by atoms with Gasteiger partial charge >= 0.3 is 5.69 Å². The van der Waals surface area contributed by atoms with Crippen molar-refractivity contribution in [2.45, 2.75) is 17.7 Å². The van der Waals surface area contributed by atoms with Crippen LogP contribution in [-0.2, 0) is 9.84 Å². The van der Waals surface area contributed by atoms with Crippen LogP contribution in [-0.4, -0.2) is 37.7 Å². The molecule has 1 saturated heterocycles. The van der Waals surface area contributed by atoms with Crippen molar-refractivity contribution in [3.05, 3.63) is 46.6 Å². The van der Waals surface area contributed by atoms with Crippen LogP contribution in [0, 0.1) is 10.1 Å². The van der Waals surface area contributed by atoms with Gasteiger partial charge in [-0.2, -0.15) is 0 Å². The summed E-state index contributed by atoms with van der Waals surface area (Å²) in [5.74, 6) is 0.863. The van der Waals surface area contributed by atoms with Crippen molar-refractivity contribution in [1.29, 1.82) is 0 Å². The highest BCUT2D eigenvalue weighted by Crippen LogP contribution is 2.34. The molecule has 2 heterocycles. The number of para-hydroxylation sites is 1. The zero-order valence-corrected chi connectivity index (χ0v) is 14.5. The minimum atomic E-state index is -3.72. The number of nitrogens with zero attached hydrogens (tertiary/aromatic N) is 3. The molecule has 1 aromatic heterocycles. The number of hydrogen-bond acceptors (Lipinski definition) is 7. The van der Waals surface area contributed by atoms with Crippen molar-refractivity contribution < 1.29 is 13.3 Å². The standard InChI is InChI=1S/C16H18N4O4S/c1-25(23,24)14-6-4-5-13(16(14)20(21)22)18-12-7-8-15(17-11-12)19-9-2-3-10-19/h4-8,11,18H,2-3,9-10H2,1H3. The largest absolute Gasteiger partial charge is 0.357 e. The van der Waals surface area contributed by atoms with Gasteiger partial charge in [0.15, 0.2) is 9.84 Å². The molecule has 0 aliphatic carbocycles. The number of nitrogens with one attached hydrogen (secondary N) is 1. The van der Waals surface area contributed by atoms with Crippen molar-refractivity contribution in [2.75, 3.05) is 29.6 Å². The first kappa shape index (κ1) is 17.2. The van der Waals surface area contributed by atoms with Gasteiger partial charge in [0.05, 0.1) is 16.8 Å². The number of rotatable bonds is 5. The predicted molar refractivity (Wildman–Crippen MR) is 95.2 cm³/mol. The molecule has 0 saturated carbocycles. The number of benzene rings is 1. The lowest BCUT2D eigenvalue weighted by Gasteiger charge is -2.16. The first-order chi connectivity index (χ1) is 11.9. The third-order valence-corrected chi connectivity index (χ3v) is 5.17. The average Bonchev–Trinajstić information content (AvgIpc) is 3.09. The van der Waals surface area contributed by atoms with Gasteiger partial charge in [0.1, 0.15) is 16.4 Å². The van der Waals surface area contributed by atoms with Crippen LogP contribution < -0.4 is 10.2 Å². The van der Waals surface area contributed by atoms with E-state index in [-0.39, 0.29) is 10.6 Å². The molecule has 8 nitrogen and oxygen atoms in total. The molecule has 0 spiro atoms. The molecule has 132 valence electrons. The van der Waals surface area contributed by atoms with Gasteiger partial charge in [-0.15, -0.1) is 0 Å². The molecular formula is C16H18N4O4S. The molecule has 0 unspecified atom stereocenters. The topological polar surface area (TPSA) is 105 Å². The minimum absolute atomic E-state index is 0.114. The smallest absolute Gasteiger partial charge is 0.311 e. The first-order valence-electron chi connectivity index (χ1n) is 7.82. The maximum atomic E-state index is 11.8. The van der Waals surface area contributed by atoms with Crippen LogP contribution in [0.4, 0.5) is 22.9 Å². The number of pyridine rings is 1. The number of anilines is 3. The van der Waals surface area contributed by atoms with Crippen molar-refractivity contribution >= 4 is 32.7 Å². The number of nitro groups is 1. The molecule has 0 amide bonds. The van der Waals surface area contributed by atoms with Crippen LogP contribution in [0.15, 0.2) is 41.4 Å². The Morgan fingerprint density at radius 1 is 1.20 bits per heavy atom. The molecular weight excluding hydrogens is 344 g/mol. The fourth-order valence-corrected chi connectivity index (χ4v) is 3.72. The summed E-state index contributed by atoms with van der Waals surface area (Å²) < 4.78 is 23.6. The molecule has 2 aromatic rings. The minimum Gasteiger partial charge on any atom is -0.357 e. The molecule has 1 fully saturated rings. The van der Waals surface area contributed by atoms with Crippen LogP contribution >= 0.6 is 0 Å². The van der Waals surface area contributed by atoms with Gasteiger partial charge in [0, 0.05) is 19.3 Å². The maximum absolute atomic E-state index is 11.8. The number of hydrogen-bond donors (Lipinski definition) is 1. The molecule has 1 N–H and O–H groups in total. The van der Waals surface area contributed by atoms with Crippen molar-refractivity contribution in [3.8, 4) is 0 Å². The van der Waals surface area contributed by atoms with Crippen molar-refractivity contribution in [2.24, 2.45) is 0 Å². The van der Waals surface area contributed by atoms with Crippen LogP contribution in [0.2, 0.25) is 0 Å². The van der Waals surface area contributed by atoms with Crippen molar-refractivity contribution in [3.63, 3.8) is 0 Å². The lowest BCUT2D eigenvalue weighted by molar-refractivity contribution is -0.386. The summed E-state index contributed by atoms with van der Waals surface area (Å²) in [5.41, 5.74) is 0.203. The Labute approximate surface area is 145 Å². The number of nitro benzene ring substituents is 1. The van der Waals surface area contributed by atoms with E-state index >= 15 is 0 Å². The van der Waals surface area contributed by atoms with E-state index in [0.717, 1.165) is 38.0 Å². The molecule has 0 bridgehead atoms. The van der Waals surface area contributed by atoms with Gasteiger partial charge in [0.25, 0.3) is 0 Å². The van der Waals surface area contributed by atoms with Crippen LogP contribution in [0.25, 0.3) is 0 Å². The molecule has 0 atom stereocenters. The number of sulfone groups is 1. The second kappa shape index (κ2) is 6.67. The highest BCUT2D eigenvalue weighted by Gasteiger charge is 2.26. The summed E-state index contributed by atoms with van der Waals surface area (Å²) in [6.45, 7) is 1.95. The SMILES string of the molecule is CS(=O)(=O)c1cccc(Nc2ccc(N3CCCC3)nc2)c1[N+](=O)[O-]. The monoisotopic (exact) mass is 362 g/mol. The Balaban J connectivity index is 1.91. The van der Waals surface area contributed by atoms with E-state index in [1.165, 1.54) is 18.2 Å². The number of aromatic nitrogens is 1. The summed E-state index contributed by atoms with van der Waals surface area (Å²) in [6.07, 6.45) is 4.83. The van der Waals surface area contributed by atoms with E-state index in [2.05, 4.69) is 15.2 Å². The Morgan fingerprint density at radius 2 is 1.92 bits per heavy atom. The molecule has 25 heavy (non-hydrogen) atoms. The summed E-state index contributed by atoms with van der Waals surface area (Å²) in [6, 6.07) is 7.80. The van der Waals surface area contributed by atoms with E-state index < -0.39 is 20.4 Å². The van der Waals surface area contributed by atoms with Gasteiger partial charge < -0.3 is 10.2 Å². The summed E-state index contributed by atoms with van der Waals surface area (Å²) in [4.78, 5) is 16.9. The molecule has 1 aromatic carbocycles. The lowest BCUT2D eigenvalue weighted by Crippen LogP contribution is -2.18. The Kier molecular flexibility index (Phi) is 4.58. The normalized spacial score (nSPS) is 14.5. The Hall–Kier alpha value is -2.68. The second-order valence-electron chi connectivity index (χ2n) is 5.91. The lowest BCUT2D eigenvalue weighted by atomic mass is 10.2. The maximum Gasteiger partial charge on any atom is 0.311 e. The van der Waals surface area contributed by atoms with Gasteiger partial charge in [-0.1, -0.05) is 6.07 Å². The predicted octanol–water partition coefficient (Wildman–Crippen LogP) is 2.74. The quantitative estimate of drug-likeness (QED) is 0.644. The van der Waals surface area contributed by atoms with Crippen LogP contribution in [0.5, 0.6) is 0 Å². The van der Waals surface area contributed by atoms with Gasteiger partial charge in [-0.05, 0) is 37.1 Å². The van der Waals surface area contributed by atoms with Crippen molar-refractivity contribution in [1.82, 2.24) is 4.98 Å².